The van der Waals surface area contributed by atoms with Crippen LogP contribution in [0.1, 0.15) is 34.1 Å². The third-order valence-corrected chi connectivity index (χ3v) is 6.19. The van der Waals surface area contributed by atoms with Crippen LogP contribution in [-0.4, -0.2) is 30.5 Å². The lowest BCUT2D eigenvalue weighted by atomic mass is 10.1. The maximum atomic E-state index is 12.4. The Morgan fingerprint density at radius 1 is 1.06 bits per heavy atom. The molecule has 96 valence electrons. The summed E-state index contributed by atoms with van der Waals surface area (Å²) >= 11 is 0. The van der Waals surface area contributed by atoms with Crippen molar-refractivity contribution in [2.45, 2.75) is 38.7 Å². The van der Waals surface area contributed by atoms with Gasteiger partial charge in [-0.2, -0.15) is 0 Å². The zero-order valence-corrected chi connectivity index (χ0v) is 12.4. The SMILES string of the molecule is CCC(N1C(=O)c2ccccc2C1=O)[Si](C)(C)C. The Bertz CT molecular complexity index is 470. The number of imide groups is 1. The quantitative estimate of drug-likeness (QED) is 0.619. The summed E-state index contributed by atoms with van der Waals surface area (Å²) in [5, 5.41) is 0. The minimum atomic E-state index is -1.59. The molecule has 1 unspecified atom stereocenters. The average molecular weight is 261 g/mol. The summed E-state index contributed by atoms with van der Waals surface area (Å²) in [6.07, 6.45) is 0.835. The highest BCUT2D eigenvalue weighted by atomic mass is 28.3. The molecule has 0 saturated heterocycles. The van der Waals surface area contributed by atoms with Gasteiger partial charge in [0, 0.05) is 5.67 Å². The Hall–Kier alpha value is -1.42. The number of amides is 2. The summed E-state index contributed by atoms with van der Waals surface area (Å²) in [6.45, 7) is 8.65. The first kappa shape index (κ1) is 13.0. The first-order valence-electron chi connectivity index (χ1n) is 6.35. The molecule has 1 atom stereocenters. The molecule has 0 bridgehead atoms. The van der Waals surface area contributed by atoms with Crippen LogP contribution in [0.5, 0.6) is 0 Å². The van der Waals surface area contributed by atoms with E-state index in [1.165, 1.54) is 4.90 Å². The second kappa shape index (κ2) is 4.35. The fourth-order valence-electron chi connectivity index (χ4n) is 2.67. The van der Waals surface area contributed by atoms with Crippen LogP contribution in [0.3, 0.4) is 0 Å². The molecule has 3 nitrogen and oxygen atoms in total. The molecule has 1 aliphatic rings. The van der Waals surface area contributed by atoms with E-state index in [9.17, 15) is 9.59 Å². The first-order valence-corrected chi connectivity index (χ1v) is 9.92. The molecule has 1 heterocycles. The van der Waals surface area contributed by atoms with Gasteiger partial charge in [-0.3, -0.25) is 14.5 Å². The number of benzene rings is 1. The fraction of sp³-hybridized carbons (Fsp3) is 0.429. The highest BCUT2D eigenvalue weighted by Crippen LogP contribution is 2.29. The third-order valence-electron chi connectivity index (χ3n) is 3.52. The van der Waals surface area contributed by atoms with Gasteiger partial charge in [0.05, 0.1) is 19.2 Å². The Labute approximate surface area is 109 Å². The summed E-state index contributed by atoms with van der Waals surface area (Å²) in [7, 11) is -1.59. The lowest BCUT2D eigenvalue weighted by Crippen LogP contribution is -2.53. The van der Waals surface area contributed by atoms with Gasteiger partial charge in [-0.25, -0.2) is 0 Å². The van der Waals surface area contributed by atoms with Crippen molar-refractivity contribution >= 4 is 19.9 Å². The molecule has 0 radical (unpaired) electrons. The molecular formula is C14H19NO2Si. The Morgan fingerprint density at radius 2 is 1.50 bits per heavy atom. The van der Waals surface area contributed by atoms with E-state index in [0.29, 0.717) is 11.1 Å². The van der Waals surface area contributed by atoms with Crippen LogP contribution >= 0.6 is 0 Å². The molecule has 2 amide bonds. The summed E-state index contributed by atoms with van der Waals surface area (Å²) in [4.78, 5) is 26.3. The minimum absolute atomic E-state index is 0.0740. The lowest BCUT2D eigenvalue weighted by Gasteiger charge is -2.34. The van der Waals surface area contributed by atoms with Crippen LogP contribution in [0.4, 0.5) is 0 Å². The molecule has 1 aromatic carbocycles. The van der Waals surface area contributed by atoms with Crippen molar-refractivity contribution in [3.63, 3.8) is 0 Å². The molecule has 1 aliphatic heterocycles. The molecule has 1 aromatic rings. The molecule has 0 saturated carbocycles. The van der Waals surface area contributed by atoms with Gasteiger partial charge in [-0.05, 0) is 18.6 Å². The van der Waals surface area contributed by atoms with Crippen LogP contribution in [0.2, 0.25) is 19.6 Å². The monoisotopic (exact) mass is 261 g/mol. The Morgan fingerprint density at radius 3 is 1.83 bits per heavy atom. The zero-order valence-electron chi connectivity index (χ0n) is 11.4. The predicted molar refractivity (Wildman–Crippen MR) is 74.4 cm³/mol. The van der Waals surface area contributed by atoms with Gasteiger partial charge in [0.15, 0.2) is 0 Å². The Balaban J connectivity index is 2.45. The van der Waals surface area contributed by atoms with E-state index in [0.717, 1.165) is 6.42 Å². The fourth-order valence-corrected chi connectivity index (χ4v) is 4.91. The lowest BCUT2D eigenvalue weighted by molar-refractivity contribution is 0.0624. The number of rotatable bonds is 3. The second-order valence-corrected chi connectivity index (χ2v) is 11.2. The van der Waals surface area contributed by atoms with E-state index in [1.54, 1.807) is 12.1 Å². The van der Waals surface area contributed by atoms with Gasteiger partial charge in [0.1, 0.15) is 0 Å². The van der Waals surface area contributed by atoms with Crippen LogP contribution in [-0.2, 0) is 0 Å². The van der Waals surface area contributed by atoms with E-state index in [1.807, 2.05) is 19.1 Å². The van der Waals surface area contributed by atoms with Gasteiger partial charge in [-0.1, -0.05) is 38.7 Å². The first-order chi connectivity index (χ1) is 8.38. The van der Waals surface area contributed by atoms with Crippen molar-refractivity contribution in [3.8, 4) is 0 Å². The van der Waals surface area contributed by atoms with E-state index in [4.69, 9.17) is 0 Å². The Kier molecular flexibility index (Phi) is 3.15. The van der Waals surface area contributed by atoms with Gasteiger partial charge < -0.3 is 0 Å². The van der Waals surface area contributed by atoms with Crippen molar-refractivity contribution < 1.29 is 9.59 Å². The summed E-state index contributed by atoms with van der Waals surface area (Å²) < 4.78 is 0. The maximum Gasteiger partial charge on any atom is 0.261 e. The highest BCUT2D eigenvalue weighted by molar-refractivity contribution is 6.78. The van der Waals surface area contributed by atoms with Crippen LogP contribution < -0.4 is 0 Å². The average Bonchev–Trinajstić information content (AvgIpc) is 2.54. The molecule has 4 heteroatoms. The van der Waals surface area contributed by atoms with Crippen LogP contribution in [0, 0.1) is 0 Å². The van der Waals surface area contributed by atoms with Gasteiger partial charge in [0.25, 0.3) is 11.8 Å². The molecule has 0 aromatic heterocycles. The zero-order chi connectivity index (χ0) is 13.5. The van der Waals surface area contributed by atoms with E-state index < -0.39 is 8.07 Å². The van der Waals surface area contributed by atoms with E-state index in [2.05, 4.69) is 19.6 Å². The molecule has 2 rings (SSSR count). The molecule has 0 aliphatic carbocycles. The molecule has 18 heavy (non-hydrogen) atoms. The van der Waals surface area contributed by atoms with E-state index in [-0.39, 0.29) is 17.5 Å². The number of fused-ring (bicyclic) bond motifs is 1. The molecule has 0 spiro atoms. The highest BCUT2D eigenvalue weighted by Gasteiger charge is 2.43. The standard InChI is InChI=1S/C14H19NO2Si/c1-5-12(18(2,3)4)15-13(16)10-8-6-7-9-11(10)14(15)17/h6-9,12H,5H2,1-4H3. The van der Waals surface area contributed by atoms with Crippen molar-refractivity contribution in [3.05, 3.63) is 35.4 Å². The van der Waals surface area contributed by atoms with Crippen molar-refractivity contribution in [2.75, 3.05) is 0 Å². The predicted octanol–water partition coefficient (Wildman–Crippen LogP) is 2.94. The third kappa shape index (κ3) is 1.90. The number of nitrogens with zero attached hydrogens (tertiary/aromatic N) is 1. The largest absolute Gasteiger partial charge is 0.274 e. The van der Waals surface area contributed by atoms with Crippen LogP contribution in [0.15, 0.2) is 24.3 Å². The van der Waals surface area contributed by atoms with E-state index >= 15 is 0 Å². The van der Waals surface area contributed by atoms with Crippen LogP contribution in [0.25, 0.3) is 0 Å². The molecular weight excluding hydrogens is 242 g/mol. The van der Waals surface area contributed by atoms with Gasteiger partial charge in [-0.15, -0.1) is 0 Å². The number of carbonyl (C=O) groups excluding carboxylic acids is 2. The van der Waals surface area contributed by atoms with Gasteiger partial charge in [0.2, 0.25) is 0 Å². The topological polar surface area (TPSA) is 37.4 Å². The summed E-state index contributed by atoms with van der Waals surface area (Å²) in [6, 6.07) is 7.10. The van der Waals surface area contributed by atoms with Crippen molar-refractivity contribution in [1.82, 2.24) is 4.90 Å². The molecule has 0 fully saturated rings. The second-order valence-electron chi connectivity index (χ2n) is 5.82. The van der Waals surface area contributed by atoms with Crippen molar-refractivity contribution in [1.29, 1.82) is 0 Å². The number of hydrogen-bond donors (Lipinski definition) is 0. The molecule has 0 N–H and O–H groups in total. The summed E-state index contributed by atoms with van der Waals surface area (Å²) in [5.74, 6) is -0.241. The van der Waals surface area contributed by atoms with Gasteiger partial charge >= 0.3 is 0 Å². The number of carbonyl (C=O) groups is 2. The minimum Gasteiger partial charge on any atom is -0.274 e. The number of hydrogen-bond acceptors (Lipinski definition) is 2. The summed E-state index contributed by atoms with van der Waals surface area (Å²) in [5.41, 5.74) is 1.18. The maximum absolute atomic E-state index is 12.4. The smallest absolute Gasteiger partial charge is 0.261 e. The van der Waals surface area contributed by atoms with Crippen molar-refractivity contribution in [2.24, 2.45) is 0 Å². The normalized spacial score (nSPS) is 17.0.